The summed E-state index contributed by atoms with van der Waals surface area (Å²) < 4.78 is 0. The maximum Gasteiger partial charge on any atom is 0.223 e. The topological polar surface area (TPSA) is 32.3 Å². The molecule has 1 amide bonds. The summed E-state index contributed by atoms with van der Waals surface area (Å²) in [5, 5.41) is 3.47. The van der Waals surface area contributed by atoms with E-state index in [0.29, 0.717) is 11.3 Å². The molecule has 4 aliphatic carbocycles. The number of fused-ring (bicyclic) bond motifs is 1. The van der Waals surface area contributed by atoms with Crippen LogP contribution in [0.1, 0.15) is 44.9 Å². The Morgan fingerprint density at radius 1 is 0.955 bits per heavy atom. The van der Waals surface area contributed by atoms with Gasteiger partial charge in [0, 0.05) is 32.6 Å². The molecule has 4 saturated carbocycles. The summed E-state index contributed by atoms with van der Waals surface area (Å²) in [6.45, 7) is 4.32. The molecule has 6 fully saturated rings. The van der Waals surface area contributed by atoms with Gasteiger partial charge in [0.05, 0.1) is 0 Å². The summed E-state index contributed by atoms with van der Waals surface area (Å²) >= 11 is 0. The summed E-state index contributed by atoms with van der Waals surface area (Å²) in [5.74, 6) is 4.87. The third kappa shape index (κ3) is 2.39. The predicted molar refractivity (Wildman–Crippen MR) is 88.9 cm³/mol. The minimum atomic E-state index is 0. The first-order chi connectivity index (χ1) is 10.2. The number of halogens is 1. The zero-order valence-corrected chi connectivity index (χ0v) is 14.2. The number of hydrogen-bond donors (Lipinski definition) is 1. The van der Waals surface area contributed by atoms with Crippen LogP contribution in [0.15, 0.2) is 0 Å². The Hall–Kier alpha value is -0.280. The van der Waals surface area contributed by atoms with Gasteiger partial charge in [0.1, 0.15) is 0 Å². The lowest BCUT2D eigenvalue weighted by Gasteiger charge is -2.57. The van der Waals surface area contributed by atoms with Gasteiger partial charge in [-0.05, 0) is 73.5 Å². The molecular formula is C18H29ClN2O. The number of rotatable bonds is 2. The first-order valence-electron chi connectivity index (χ1n) is 9.18. The molecule has 0 aromatic rings. The molecule has 124 valence electrons. The van der Waals surface area contributed by atoms with E-state index in [4.69, 9.17) is 0 Å². The van der Waals surface area contributed by atoms with Gasteiger partial charge in [0.2, 0.25) is 5.91 Å². The number of likely N-dealkylation sites (tertiary alicyclic amines) is 1. The molecule has 1 N–H and O–H groups in total. The summed E-state index contributed by atoms with van der Waals surface area (Å²) in [4.78, 5) is 15.1. The van der Waals surface area contributed by atoms with Crippen LogP contribution in [0.3, 0.4) is 0 Å². The average molecular weight is 325 g/mol. The van der Waals surface area contributed by atoms with Crippen molar-refractivity contribution in [3.63, 3.8) is 0 Å². The second-order valence-corrected chi connectivity index (χ2v) is 9.07. The zero-order chi connectivity index (χ0) is 14.0. The maximum atomic E-state index is 12.9. The van der Waals surface area contributed by atoms with Crippen molar-refractivity contribution in [2.75, 3.05) is 26.2 Å². The SMILES string of the molecule is Cl.O=C(CC12CC3CC(CC(C3)C1)C2)N1C[C@H]2CNC[C@H]2C1. The minimum Gasteiger partial charge on any atom is -0.342 e. The molecule has 4 heteroatoms. The highest BCUT2D eigenvalue weighted by Gasteiger charge is 2.52. The standard InChI is InChI=1S/C18H28N2O.ClH/c21-17(20-10-15-8-19-9-16(15)11-20)7-18-4-12-1-13(5-18)3-14(2-12)6-18;/h12-16,19H,1-11H2;1H/t12?,13?,14?,15-,16+,18?;. The van der Waals surface area contributed by atoms with E-state index in [1.807, 2.05) is 0 Å². The van der Waals surface area contributed by atoms with Gasteiger partial charge in [0.15, 0.2) is 0 Å². The Morgan fingerprint density at radius 2 is 1.45 bits per heavy atom. The van der Waals surface area contributed by atoms with Crippen LogP contribution in [-0.2, 0) is 4.79 Å². The van der Waals surface area contributed by atoms with Gasteiger partial charge in [-0.15, -0.1) is 12.4 Å². The van der Waals surface area contributed by atoms with E-state index in [0.717, 1.165) is 62.2 Å². The molecule has 2 aliphatic heterocycles. The van der Waals surface area contributed by atoms with E-state index in [2.05, 4.69) is 10.2 Å². The number of hydrogen-bond acceptors (Lipinski definition) is 2. The maximum absolute atomic E-state index is 12.9. The second kappa shape index (κ2) is 5.37. The van der Waals surface area contributed by atoms with Gasteiger partial charge >= 0.3 is 0 Å². The first-order valence-corrected chi connectivity index (χ1v) is 9.18. The monoisotopic (exact) mass is 324 g/mol. The van der Waals surface area contributed by atoms with E-state index in [9.17, 15) is 4.79 Å². The molecule has 3 nitrogen and oxygen atoms in total. The molecule has 22 heavy (non-hydrogen) atoms. The summed E-state index contributed by atoms with van der Waals surface area (Å²) in [6.07, 6.45) is 9.42. The molecule has 0 aromatic heterocycles. The fourth-order valence-electron chi connectivity index (χ4n) is 7.00. The van der Waals surface area contributed by atoms with Crippen molar-refractivity contribution >= 4 is 18.3 Å². The van der Waals surface area contributed by atoms with E-state index < -0.39 is 0 Å². The van der Waals surface area contributed by atoms with Crippen LogP contribution in [0.25, 0.3) is 0 Å². The lowest BCUT2D eigenvalue weighted by Crippen LogP contribution is -2.48. The molecule has 0 unspecified atom stereocenters. The Balaban J connectivity index is 0.00000125. The quantitative estimate of drug-likeness (QED) is 0.847. The predicted octanol–water partition coefficient (Wildman–Crippen LogP) is 2.69. The van der Waals surface area contributed by atoms with Crippen LogP contribution in [0.5, 0.6) is 0 Å². The Kier molecular flexibility index (Phi) is 3.73. The molecule has 4 bridgehead atoms. The number of carbonyl (C=O) groups is 1. The largest absolute Gasteiger partial charge is 0.342 e. The van der Waals surface area contributed by atoms with Crippen LogP contribution in [0, 0.1) is 35.0 Å². The Morgan fingerprint density at radius 3 is 1.95 bits per heavy atom. The fraction of sp³-hybridized carbons (Fsp3) is 0.944. The van der Waals surface area contributed by atoms with Crippen LogP contribution < -0.4 is 5.32 Å². The highest BCUT2D eigenvalue weighted by atomic mass is 35.5. The van der Waals surface area contributed by atoms with Crippen LogP contribution in [0.2, 0.25) is 0 Å². The zero-order valence-electron chi connectivity index (χ0n) is 13.4. The fourth-order valence-corrected chi connectivity index (χ4v) is 7.00. The molecule has 2 heterocycles. The van der Waals surface area contributed by atoms with Gasteiger partial charge in [-0.1, -0.05) is 0 Å². The van der Waals surface area contributed by atoms with Crippen LogP contribution in [0.4, 0.5) is 0 Å². The minimum absolute atomic E-state index is 0. The normalized spacial score (nSPS) is 48.4. The summed E-state index contributed by atoms with van der Waals surface area (Å²) in [5.41, 5.74) is 0.418. The van der Waals surface area contributed by atoms with E-state index in [1.54, 1.807) is 0 Å². The third-order valence-corrected chi connectivity index (χ3v) is 7.43. The Labute approximate surface area is 140 Å². The first kappa shape index (κ1) is 15.3. The van der Waals surface area contributed by atoms with Gasteiger partial charge in [-0.2, -0.15) is 0 Å². The Bertz CT molecular complexity index is 419. The molecule has 2 saturated heterocycles. The molecular weight excluding hydrogens is 296 g/mol. The molecule has 0 radical (unpaired) electrons. The van der Waals surface area contributed by atoms with Gasteiger partial charge < -0.3 is 10.2 Å². The number of nitrogens with one attached hydrogen (secondary N) is 1. The molecule has 0 spiro atoms. The van der Waals surface area contributed by atoms with E-state index >= 15 is 0 Å². The van der Waals surface area contributed by atoms with Crippen LogP contribution >= 0.6 is 12.4 Å². The van der Waals surface area contributed by atoms with E-state index in [1.165, 1.54) is 38.5 Å². The van der Waals surface area contributed by atoms with Gasteiger partial charge in [0.25, 0.3) is 0 Å². The molecule has 2 atom stereocenters. The van der Waals surface area contributed by atoms with Crippen molar-refractivity contribution in [2.24, 2.45) is 35.0 Å². The molecule has 6 rings (SSSR count). The second-order valence-electron chi connectivity index (χ2n) is 9.07. The van der Waals surface area contributed by atoms with Crippen molar-refractivity contribution in [2.45, 2.75) is 44.9 Å². The highest BCUT2D eigenvalue weighted by Crippen LogP contribution is 2.61. The number of amides is 1. The van der Waals surface area contributed by atoms with Crippen molar-refractivity contribution in [1.82, 2.24) is 10.2 Å². The lowest BCUT2D eigenvalue weighted by molar-refractivity contribution is -0.138. The third-order valence-electron chi connectivity index (χ3n) is 7.43. The van der Waals surface area contributed by atoms with Gasteiger partial charge in [-0.25, -0.2) is 0 Å². The molecule has 0 aromatic carbocycles. The lowest BCUT2D eigenvalue weighted by atomic mass is 9.49. The van der Waals surface area contributed by atoms with E-state index in [-0.39, 0.29) is 12.4 Å². The van der Waals surface area contributed by atoms with Crippen LogP contribution in [-0.4, -0.2) is 37.0 Å². The van der Waals surface area contributed by atoms with Crippen molar-refractivity contribution in [1.29, 1.82) is 0 Å². The molecule has 6 aliphatic rings. The average Bonchev–Trinajstić information content (AvgIpc) is 2.96. The summed E-state index contributed by atoms with van der Waals surface area (Å²) in [6, 6.07) is 0. The van der Waals surface area contributed by atoms with Crippen molar-refractivity contribution in [3.8, 4) is 0 Å². The number of carbonyl (C=O) groups excluding carboxylic acids is 1. The number of nitrogens with zero attached hydrogens (tertiary/aromatic N) is 1. The van der Waals surface area contributed by atoms with Crippen molar-refractivity contribution in [3.05, 3.63) is 0 Å². The highest BCUT2D eigenvalue weighted by molar-refractivity contribution is 5.85. The summed E-state index contributed by atoms with van der Waals surface area (Å²) in [7, 11) is 0. The smallest absolute Gasteiger partial charge is 0.223 e. The van der Waals surface area contributed by atoms with Crippen molar-refractivity contribution < 1.29 is 4.79 Å². The van der Waals surface area contributed by atoms with Gasteiger partial charge in [-0.3, -0.25) is 4.79 Å².